The van der Waals surface area contributed by atoms with E-state index in [1.807, 2.05) is 21.6 Å². The van der Waals surface area contributed by atoms with E-state index in [2.05, 4.69) is 6.58 Å². The van der Waals surface area contributed by atoms with E-state index in [-0.39, 0.29) is 5.97 Å². The topological polar surface area (TPSA) is 26.3 Å². The van der Waals surface area contributed by atoms with E-state index in [1.54, 1.807) is 6.08 Å². The SMILES string of the molecule is C=CCOC(=O)CCCCC1CCSS1. The number of hydrogen-bond donors (Lipinski definition) is 0. The molecule has 1 unspecified atom stereocenters. The summed E-state index contributed by atoms with van der Waals surface area (Å²) >= 11 is 0. The monoisotopic (exact) mass is 246 g/mol. The lowest BCUT2D eigenvalue weighted by Crippen LogP contribution is -2.04. The fourth-order valence-electron chi connectivity index (χ4n) is 1.43. The summed E-state index contributed by atoms with van der Waals surface area (Å²) in [6.45, 7) is 3.84. The maximum absolute atomic E-state index is 11.1. The molecule has 0 aliphatic carbocycles. The van der Waals surface area contributed by atoms with Crippen LogP contribution in [0.5, 0.6) is 0 Å². The van der Waals surface area contributed by atoms with Crippen molar-refractivity contribution in [3.8, 4) is 0 Å². The summed E-state index contributed by atoms with van der Waals surface area (Å²) in [6, 6.07) is 0. The average Bonchev–Trinajstić information content (AvgIpc) is 2.74. The number of ether oxygens (including phenoxy) is 1. The standard InChI is InChI=1S/C11H18O2S2/c1-2-8-13-11(12)6-4-3-5-10-7-9-14-15-10/h2,10H,1,3-9H2. The molecular weight excluding hydrogens is 228 g/mol. The zero-order chi connectivity index (χ0) is 10.9. The summed E-state index contributed by atoms with van der Waals surface area (Å²) in [5.41, 5.74) is 0. The van der Waals surface area contributed by atoms with Crippen LogP contribution in [0.4, 0.5) is 0 Å². The summed E-state index contributed by atoms with van der Waals surface area (Å²) in [7, 11) is 3.97. The summed E-state index contributed by atoms with van der Waals surface area (Å²) in [5, 5.41) is 0.819. The molecule has 1 fully saturated rings. The van der Waals surface area contributed by atoms with Crippen molar-refractivity contribution < 1.29 is 9.53 Å². The second kappa shape index (κ2) is 8.11. The van der Waals surface area contributed by atoms with E-state index in [9.17, 15) is 4.79 Å². The molecule has 15 heavy (non-hydrogen) atoms. The molecule has 0 amide bonds. The fraction of sp³-hybridized carbons (Fsp3) is 0.727. The molecule has 0 saturated carbocycles. The zero-order valence-electron chi connectivity index (χ0n) is 8.94. The minimum atomic E-state index is -0.0941. The van der Waals surface area contributed by atoms with Crippen molar-refractivity contribution in [3.05, 3.63) is 12.7 Å². The summed E-state index contributed by atoms with van der Waals surface area (Å²) in [6.07, 6.45) is 6.82. The number of carbonyl (C=O) groups is 1. The van der Waals surface area contributed by atoms with Crippen molar-refractivity contribution in [2.45, 2.75) is 37.4 Å². The Bertz CT molecular complexity index is 201. The van der Waals surface area contributed by atoms with E-state index in [0.29, 0.717) is 13.0 Å². The molecule has 0 radical (unpaired) electrons. The van der Waals surface area contributed by atoms with E-state index in [4.69, 9.17) is 4.74 Å². The van der Waals surface area contributed by atoms with E-state index >= 15 is 0 Å². The normalized spacial score (nSPS) is 20.1. The van der Waals surface area contributed by atoms with Crippen LogP contribution >= 0.6 is 21.6 Å². The smallest absolute Gasteiger partial charge is 0.306 e. The van der Waals surface area contributed by atoms with Crippen molar-refractivity contribution in [1.82, 2.24) is 0 Å². The minimum Gasteiger partial charge on any atom is -0.461 e. The Labute approximate surface area is 99.6 Å². The molecular formula is C11H18O2S2. The van der Waals surface area contributed by atoms with Gasteiger partial charge in [0.15, 0.2) is 0 Å². The molecule has 0 bridgehead atoms. The molecule has 86 valence electrons. The zero-order valence-corrected chi connectivity index (χ0v) is 10.6. The Kier molecular flexibility index (Phi) is 7.01. The quantitative estimate of drug-likeness (QED) is 0.297. The Morgan fingerprint density at radius 2 is 2.40 bits per heavy atom. The van der Waals surface area contributed by atoms with Crippen LogP contribution in [-0.2, 0) is 9.53 Å². The van der Waals surface area contributed by atoms with Gasteiger partial charge in [0.25, 0.3) is 0 Å². The second-order valence-corrected chi connectivity index (χ2v) is 6.33. The first-order chi connectivity index (χ1) is 7.33. The van der Waals surface area contributed by atoms with Crippen LogP contribution in [0.15, 0.2) is 12.7 Å². The lowest BCUT2D eigenvalue weighted by molar-refractivity contribution is -0.142. The van der Waals surface area contributed by atoms with Gasteiger partial charge in [-0.15, -0.1) is 0 Å². The highest BCUT2D eigenvalue weighted by Gasteiger charge is 2.15. The molecule has 1 aliphatic rings. The molecule has 1 heterocycles. The van der Waals surface area contributed by atoms with Gasteiger partial charge in [0.2, 0.25) is 0 Å². The van der Waals surface area contributed by atoms with Crippen LogP contribution in [0.25, 0.3) is 0 Å². The number of hydrogen-bond acceptors (Lipinski definition) is 4. The lowest BCUT2D eigenvalue weighted by Gasteiger charge is -2.06. The molecule has 0 spiro atoms. The maximum atomic E-state index is 11.1. The van der Waals surface area contributed by atoms with Crippen molar-refractivity contribution in [2.24, 2.45) is 0 Å². The van der Waals surface area contributed by atoms with Crippen LogP contribution in [0.1, 0.15) is 32.1 Å². The van der Waals surface area contributed by atoms with Gasteiger partial charge in [-0.2, -0.15) is 0 Å². The Hall–Kier alpha value is -0.0900. The van der Waals surface area contributed by atoms with Crippen molar-refractivity contribution >= 4 is 27.6 Å². The van der Waals surface area contributed by atoms with Crippen LogP contribution in [0, 0.1) is 0 Å². The van der Waals surface area contributed by atoms with E-state index < -0.39 is 0 Å². The summed E-state index contributed by atoms with van der Waals surface area (Å²) < 4.78 is 4.90. The third-order valence-electron chi connectivity index (χ3n) is 2.25. The van der Waals surface area contributed by atoms with E-state index in [0.717, 1.165) is 18.1 Å². The molecule has 1 rings (SSSR count). The maximum Gasteiger partial charge on any atom is 0.306 e. The van der Waals surface area contributed by atoms with Gasteiger partial charge in [-0.25, -0.2) is 0 Å². The number of carbonyl (C=O) groups excluding carboxylic acids is 1. The number of unbranched alkanes of at least 4 members (excludes halogenated alkanes) is 1. The van der Waals surface area contributed by atoms with Crippen molar-refractivity contribution in [2.75, 3.05) is 12.4 Å². The molecule has 0 N–H and O–H groups in total. The highest BCUT2D eigenvalue weighted by atomic mass is 33.1. The van der Waals surface area contributed by atoms with Gasteiger partial charge in [0.1, 0.15) is 6.61 Å². The number of rotatable bonds is 7. The molecule has 1 aliphatic heterocycles. The van der Waals surface area contributed by atoms with Gasteiger partial charge in [-0.1, -0.05) is 40.7 Å². The first-order valence-corrected chi connectivity index (χ1v) is 7.76. The second-order valence-electron chi connectivity index (χ2n) is 3.55. The molecule has 0 aromatic carbocycles. The summed E-state index contributed by atoms with van der Waals surface area (Å²) in [5.74, 6) is 1.19. The molecule has 0 aromatic rings. The van der Waals surface area contributed by atoms with Crippen molar-refractivity contribution in [3.63, 3.8) is 0 Å². The van der Waals surface area contributed by atoms with Crippen LogP contribution in [0.2, 0.25) is 0 Å². The first-order valence-electron chi connectivity index (χ1n) is 5.37. The summed E-state index contributed by atoms with van der Waals surface area (Å²) in [4.78, 5) is 11.1. The highest BCUT2D eigenvalue weighted by molar-refractivity contribution is 8.77. The van der Waals surface area contributed by atoms with Gasteiger partial charge >= 0.3 is 5.97 Å². The first kappa shape index (κ1) is 13.0. The number of esters is 1. The third-order valence-corrected chi connectivity index (χ3v) is 5.25. The van der Waals surface area contributed by atoms with Crippen LogP contribution in [0.3, 0.4) is 0 Å². The predicted octanol–water partition coefficient (Wildman–Crippen LogP) is 3.43. The van der Waals surface area contributed by atoms with Gasteiger partial charge in [0.05, 0.1) is 0 Å². The fourth-order valence-corrected chi connectivity index (χ4v) is 4.46. The Morgan fingerprint density at radius 3 is 3.07 bits per heavy atom. The molecule has 0 aromatic heterocycles. The largest absolute Gasteiger partial charge is 0.461 e. The molecule has 1 saturated heterocycles. The third kappa shape index (κ3) is 6.15. The Balaban J connectivity index is 1.91. The predicted molar refractivity (Wildman–Crippen MR) is 68.1 cm³/mol. The molecule has 2 nitrogen and oxygen atoms in total. The van der Waals surface area contributed by atoms with Gasteiger partial charge in [-0.3, -0.25) is 4.79 Å². The van der Waals surface area contributed by atoms with Gasteiger partial charge < -0.3 is 4.74 Å². The van der Waals surface area contributed by atoms with Crippen molar-refractivity contribution in [1.29, 1.82) is 0 Å². The van der Waals surface area contributed by atoms with Gasteiger partial charge in [0, 0.05) is 17.4 Å². The van der Waals surface area contributed by atoms with Crippen LogP contribution < -0.4 is 0 Å². The highest BCUT2D eigenvalue weighted by Crippen LogP contribution is 2.39. The van der Waals surface area contributed by atoms with E-state index in [1.165, 1.54) is 18.6 Å². The van der Waals surface area contributed by atoms with Crippen LogP contribution in [-0.4, -0.2) is 23.6 Å². The minimum absolute atomic E-state index is 0.0941. The lowest BCUT2D eigenvalue weighted by atomic mass is 10.1. The van der Waals surface area contributed by atoms with Gasteiger partial charge in [-0.05, 0) is 19.3 Å². The molecule has 1 atom stereocenters. The molecule has 4 heteroatoms. The Morgan fingerprint density at radius 1 is 1.53 bits per heavy atom. The average molecular weight is 246 g/mol.